The second-order valence-electron chi connectivity index (χ2n) is 7.97. The first-order valence-corrected chi connectivity index (χ1v) is 11.6. The highest BCUT2D eigenvalue weighted by atomic mass is 19.2. The SMILES string of the molecule is CCOC(=O)CCCCCCOC1=C(OC)Cc2ncnc(NCc3ccc(F)c(F)c3)c2C1. The maximum atomic E-state index is 13.5. The molecule has 0 bridgehead atoms. The number of fused-ring (bicyclic) bond motifs is 1. The van der Waals surface area contributed by atoms with Gasteiger partial charge in [-0.25, -0.2) is 18.7 Å². The smallest absolute Gasteiger partial charge is 0.305 e. The van der Waals surface area contributed by atoms with Crippen LogP contribution in [0.5, 0.6) is 0 Å². The van der Waals surface area contributed by atoms with E-state index < -0.39 is 11.6 Å². The second-order valence-corrected chi connectivity index (χ2v) is 7.97. The molecule has 0 fully saturated rings. The number of hydrogen-bond donors (Lipinski definition) is 1. The van der Waals surface area contributed by atoms with Crippen LogP contribution in [-0.2, 0) is 38.4 Å². The van der Waals surface area contributed by atoms with Crippen molar-refractivity contribution >= 4 is 11.8 Å². The quantitative estimate of drug-likeness (QED) is 0.327. The molecule has 34 heavy (non-hydrogen) atoms. The molecule has 0 saturated heterocycles. The third kappa shape index (κ3) is 7.13. The lowest BCUT2D eigenvalue weighted by Gasteiger charge is -2.23. The van der Waals surface area contributed by atoms with Gasteiger partial charge in [0, 0.05) is 24.9 Å². The highest BCUT2D eigenvalue weighted by Crippen LogP contribution is 2.30. The number of hydrogen-bond acceptors (Lipinski definition) is 7. The van der Waals surface area contributed by atoms with Crippen molar-refractivity contribution in [3.05, 3.63) is 64.5 Å². The Morgan fingerprint density at radius 2 is 1.88 bits per heavy atom. The van der Waals surface area contributed by atoms with E-state index in [2.05, 4.69) is 15.3 Å². The minimum Gasteiger partial charge on any atom is -0.497 e. The van der Waals surface area contributed by atoms with Gasteiger partial charge in [-0.2, -0.15) is 0 Å². The van der Waals surface area contributed by atoms with Crippen molar-refractivity contribution in [3.8, 4) is 0 Å². The van der Waals surface area contributed by atoms with Crippen LogP contribution < -0.4 is 5.32 Å². The number of nitrogens with zero attached hydrogens (tertiary/aromatic N) is 2. The van der Waals surface area contributed by atoms with Gasteiger partial charge in [0.15, 0.2) is 11.6 Å². The molecule has 0 aliphatic heterocycles. The number of rotatable bonds is 13. The maximum Gasteiger partial charge on any atom is 0.305 e. The van der Waals surface area contributed by atoms with Gasteiger partial charge in [-0.1, -0.05) is 18.9 Å². The van der Waals surface area contributed by atoms with Gasteiger partial charge in [-0.15, -0.1) is 0 Å². The summed E-state index contributed by atoms with van der Waals surface area (Å²) in [4.78, 5) is 20.1. The molecule has 0 spiro atoms. The molecule has 0 saturated carbocycles. The van der Waals surface area contributed by atoms with Crippen molar-refractivity contribution in [3.63, 3.8) is 0 Å². The van der Waals surface area contributed by atoms with Crippen molar-refractivity contribution in [1.82, 2.24) is 9.97 Å². The number of allylic oxidation sites excluding steroid dienone is 2. The number of ether oxygens (including phenoxy) is 3. The molecule has 0 radical (unpaired) electrons. The van der Waals surface area contributed by atoms with E-state index in [0.717, 1.165) is 54.5 Å². The molecular weight excluding hydrogens is 444 g/mol. The fourth-order valence-corrected chi connectivity index (χ4v) is 3.76. The Kier molecular flexibility index (Phi) is 9.61. The van der Waals surface area contributed by atoms with Gasteiger partial charge in [0.25, 0.3) is 0 Å². The summed E-state index contributed by atoms with van der Waals surface area (Å²) < 4.78 is 43.2. The second kappa shape index (κ2) is 12.9. The number of aromatic nitrogens is 2. The van der Waals surface area contributed by atoms with Crippen molar-refractivity contribution in [1.29, 1.82) is 0 Å². The highest BCUT2D eigenvalue weighted by Gasteiger charge is 2.24. The van der Waals surface area contributed by atoms with Crippen LogP contribution in [0.15, 0.2) is 36.0 Å². The Labute approximate surface area is 198 Å². The van der Waals surface area contributed by atoms with Gasteiger partial charge in [0.1, 0.15) is 23.7 Å². The van der Waals surface area contributed by atoms with Gasteiger partial charge in [-0.05, 0) is 37.5 Å². The zero-order valence-electron chi connectivity index (χ0n) is 19.7. The summed E-state index contributed by atoms with van der Waals surface area (Å²) in [6, 6.07) is 3.81. The summed E-state index contributed by atoms with van der Waals surface area (Å²) in [6.07, 6.45) is 6.45. The van der Waals surface area contributed by atoms with Crippen LogP contribution >= 0.6 is 0 Å². The Morgan fingerprint density at radius 1 is 1.06 bits per heavy atom. The van der Waals surface area contributed by atoms with E-state index in [9.17, 15) is 13.6 Å². The summed E-state index contributed by atoms with van der Waals surface area (Å²) in [7, 11) is 1.61. The Hall–Kier alpha value is -3.23. The molecule has 3 rings (SSSR count). The molecule has 7 nitrogen and oxygen atoms in total. The van der Waals surface area contributed by atoms with E-state index in [-0.39, 0.29) is 5.97 Å². The van der Waals surface area contributed by atoms with E-state index in [0.29, 0.717) is 50.4 Å². The molecule has 1 aliphatic rings. The molecule has 1 heterocycles. The zero-order chi connectivity index (χ0) is 24.3. The number of nitrogens with one attached hydrogen (secondary N) is 1. The monoisotopic (exact) mass is 475 g/mol. The van der Waals surface area contributed by atoms with Crippen molar-refractivity contribution in [2.24, 2.45) is 0 Å². The molecule has 184 valence electrons. The first kappa shape index (κ1) is 25.4. The number of anilines is 1. The molecule has 0 amide bonds. The van der Waals surface area contributed by atoms with Crippen LogP contribution in [0, 0.1) is 11.6 Å². The van der Waals surface area contributed by atoms with Gasteiger partial charge in [0.2, 0.25) is 0 Å². The fourth-order valence-electron chi connectivity index (χ4n) is 3.76. The zero-order valence-corrected chi connectivity index (χ0v) is 19.7. The van der Waals surface area contributed by atoms with E-state index in [1.807, 2.05) is 0 Å². The molecule has 1 aliphatic carbocycles. The van der Waals surface area contributed by atoms with Gasteiger partial charge < -0.3 is 19.5 Å². The number of benzene rings is 1. The number of carbonyl (C=O) groups is 1. The number of unbranched alkanes of at least 4 members (excludes halogenated alkanes) is 3. The average Bonchev–Trinajstić information content (AvgIpc) is 2.83. The van der Waals surface area contributed by atoms with Crippen LogP contribution in [-0.4, -0.2) is 36.3 Å². The average molecular weight is 476 g/mol. The topological polar surface area (TPSA) is 82.6 Å². The first-order valence-electron chi connectivity index (χ1n) is 11.6. The van der Waals surface area contributed by atoms with Crippen molar-refractivity contribution in [2.75, 3.05) is 25.6 Å². The Balaban J connectivity index is 1.52. The van der Waals surface area contributed by atoms with E-state index in [1.54, 1.807) is 14.0 Å². The molecule has 0 unspecified atom stereocenters. The van der Waals surface area contributed by atoms with Crippen molar-refractivity contribution in [2.45, 2.75) is 58.4 Å². The van der Waals surface area contributed by atoms with Gasteiger partial charge >= 0.3 is 5.97 Å². The molecule has 1 N–H and O–H groups in total. The lowest BCUT2D eigenvalue weighted by Crippen LogP contribution is -2.17. The summed E-state index contributed by atoms with van der Waals surface area (Å²) in [6.45, 7) is 3.06. The Morgan fingerprint density at radius 3 is 2.65 bits per heavy atom. The maximum absolute atomic E-state index is 13.5. The van der Waals surface area contributed by atoms with Crippen LogP contribution in [0.2, 0.25) is 0 Å². The molecular formula is C25H31F2N3O4. The normalized spacial score (nSPS) is 12.8. The van der Waals surface area contributed by atoms with E-state index in [1.165, 1.54) is 18.5 Å². The van der Waals surface area contributed by atoms with Crippen LogP contribution in [0.4, 0.5) is 14.6 Å². The molecule has 9 heteroatoms. The number of esters is 1. The largest absolute Gasteiger partial charge is 0.497 e. The standard InChI is InChI=1S/C25H31F2N3O4/c1-3-33-24(31)8-6-4-5-7-11-34-23-13-18-21(14-22(23)32-2)29-16-30-25(18)28-15-17-9-10-19(26)20(27)12-17/h9-10,12,16H,3-8,11,13-15H2,1-2H3,(H,28,29,30). The highest BCUT2D eigenvalue weighted by molar-refractivity contribution is 5.69. The summed E-state index contributed by atoms with van der Waals surface area (Å²) >= 11 is 0. The molecule has 0 atom stereocenters. The van der Waals surface area contributed by atoms with Gasteiger partial charge in [0.05, 0.1) is 32.4 Å². The predicted molar refractivity (Wildman–Crippen MR) is 123 cm³/mol. The molecule has 1 aromatic carbocycles. The molecule has 1 aromatic heterocycles. The number of halogens is 2. The first-order chi connectivity index (χ1) is 16.5. The lowest BCUT2D eigenvalue weighted by molar-refractivity contribution is -0.143. The summed E-state index contributed by atoms with van der Waals surface area (Å²) in [5.41, 5.74) is 2.34. The van der Waals surface area contributed by atoms with Crippen LogP contribution in [0.1, 0.15) is 55.8 Å². The summed E-state index contributed by atoms with van der Waals surface area (Å²) in [5, 5.41) is 3.20. The summed E-state index contributed by atoms with van der Waals surface area (Å²) in [5.74, 6) is 0.206. The minimum absolute atomic E-state index is 0.147. The third-order valence-corrected chi connectivity index (χ3v) is 5.56. The van der Waals surface area contributed by atoms with Crippen LogP contribution in [0.3, 0.4) is 0 Å². The van der Waals surface area contributed by atoms with Crippen LogP contribution in [0.25, 0.3) is 0 Å². The lowest BCUT2D eigenvalue weighted by atomic mass is 9.99. The predicted octanol–water partition coefficient (Wildman–Crippen LogP) is 4.85. The minimum atomic E-state index is -0.881. The number of methoxy groups -OCH3 is 1. The fraction of sp³-hybridized carbons (Fsp3) is 0.480. The van der Waals surface area contributed by atoms with E-state index in [4.69, 9.17) is 14.2 Å². The van der Waals surface area contributed by atoms with Crippen molar-refractivity contribution < 1.29 is 27.8 Å². The Bertz CT molecular complexity index is 1010. The molecule has 2 aromatic rings. The third-order valence-electron chi connectivity index (χ3n) is 5.56. The van der Waals surface area contributed by atoms with Gasteiger partial charge in [-0.3, -0.25) is 4.79 Å². The number of carbonyl (C=O) groups excluding carboxylic acids is 1. The van der Waals surface area contributed by atoms with E-state index >= 15 is 0 Å².